The average Bonchev–Trinajstić information content (AvgIpc) is 2.94. The lowest BCUT2D eigenvalue weighted by atomic mass is 9.81. The predicted molar refractivity (Wildman–Crippen MR) is 147 cm³/mol. The molecule has 2 aromatic rings. The summed E-state index contributed by atoms with van der Waals surface area (Å²) in [5, 5.41) is 8.94. The number of rotatable bonds is 10. The molecule has 9 nitrogen and oxygen atoms in total. The first kappa shape index (κ1) is 30.5. The van der Waals surface area contributed by atoms with Gasteiger partial charge in [0.05, 0.1) is 24.1 Å². The number of aryl methyl sites for hydroxylation is 1. The highest BCUT2D eigenvalue weighted by atomic mass is 19.4. The number of alkyl halides is 3. The van der Waals surface area contributed by atoms with E-state index in [1.807, 2.05) is 0 Å². The predicted octanol–water partition coefficient (Wildman–Crippen LogP) is 5.17. The zero-order valence-electron chi connectivity index (χ0n) is 23.5. The Morgan fingerprint density at radius 3 is 2.56 bits per heavy atom. The van der Waals surface area contributed by atoms with Crippen molar-refractivity contribution in [3.8, 4) is 5.75 Å². The maximum atomic E-state index is 13.8. The van der Waals surface area contributed by atoms with Gasteiger partial charge in [-0.15, -0.1) is 0 Å². The lowest BCUT2D eigenvalue weighted by molar-refractivity contribution is -0.138. The van der Waals surface area contributed by atoms with Gasteiger partial charge >= 0.3 is 6.18 Å². The van der Waals surface area contributed by atoms with E-state index in [0.717, 1.165) is 44.7 Å². The Balaban J connectivity index is 1.45. The van der Waals surface area contributed by atoms with E-state index in [2.05, 4.69) is 25.9 Å². The minimum atomic E-state index is -4.59. The third-order valence-electron chi connectivity index (χ3n) is 7.73. The third kappa shape index (κ3) is 8.54. The van der Waals surface area contributed by atoms with Crippen LogP contribution in [0.15, 0.2) is 24.4 Å². The molecule has 2 aliphatic rings. The third-order valence-corrected chi connectivity index (χ3v) is 7.73. The largest absolute Gasteiger partial charge is 0.495 e. The first-order valence-corrected chi connectivity index (χ1v) is 14.2. The number of benzene rings is 1. The highest BCUT2D eigenvalue weighted by molar-refractivity contribution is 5.95. The zero-order chi connectivity index (χ0) is 29.4. The van der Waals surface area contributed by atoms with Crippen molar-refractivity contribution in [1.29, 1.82) is 0 Å². The maximum Gasteiger partial charge on any atom is 0.419 e. The number of hydrogen-bond acceptors (Lipinski definition) is 7. The van der Waals surface area contributed by atoms with E-state index in [-0.39, 0.29) is 47.9 Å². The summed E-state index contributed by atoms with van der Waals surface area (Å²) in [5.41, 5.74) is -0.139. The van der Waals surface area contributed by atoms with Crippen LogP contribution in [-0.4, -0.2) is 54.2 Å². The van der Waals surface area contributed by atoms with E-state index in [1.165, 1.54) is 14.0 Å². The number of carbonyl (C=O) groups excluding carboxylic acids is 2. The van der Waals surface area contributed by atoms with Gasteiger partial charge in [0.1, 0.15) is 5.75 Å². The fourth-order valence-corrected chi connectivity index (χ4v) is 5.61. The first-order valence-electron chi connectivity index (χ1n) is 14.2. The normalized spacial score (nSPS) is 19.8. The molecule has 2 atom stereocenters. The number of hydrogen-bond donors (Lipinski definition) is 3. The van der Waals surface area contributed by atoms with E-state index < -0.39 is 11.7 Å². The number of nitrogens with one attached hydrogen (secondary N) is 3. The van der Waals surface area contributed by atoms with Crippen LogP contribution < -0.4 is 20.7 Å². The van der Waals surface area contributed by atoms with Gasteiger partial charge in [-0.3, -0.25) is 9.59 Å². The SMILES string of the molecule is COc1cc(C(=O)NC2CCOCC2)ccc1Nc1ncc(C(F)(F)F)c(CCCC2CCCCC2NC(C)=O)n1. The van der Waals surface area contributed by atoms with Crippen LogP contribution in [0.1, 0.15) is 79.9 Å². The Bertz CT molecular complexity index is 1200. The Morgan fingerprint density at radius 1 is 1.10 bits per heavy atom. The monoisotopic (exact) mass is 577 g/mol. The number of anilines is 2. The van der Waals surface area contributed by atoms with Gasteiger partial charge in [-0.1, -0.05) is 12.8 Å². The van der Waals surface area contributed by atoms with Gasteiger partial charge in [-0.05, 0) is 69.1 Å². The first-order chi connectivity index (χ1) is 19.6. The lowest BCUT2D eigenvalue weighted by Gasteiger charge is -2.32. The van der Waals surface area contributed by atoms with Crippen LogP contribution in [0.4, 0.5) is 24.8 Å². The Labute approximate surface area is 238 Å². The molecule has 1 aromatic carbocycles. The van der Waals surface area contributed by atoms with Crippen LogP contribution in [0.3, 0.4) is 0 Å². The molecule has 12 heteroatoms. The molecule has 2 heterocycles. The molecule has 1 saturated carbocycles. The number of aromatic nitrogens is 2. The van der Waals surface area contributed by atoms with E-state index in [9.17, 15) is 22.8 Å². The van der Waals surface area contributed by atoms with Crippen molar-refractivity contribution in [2.45, 2.75) is 83.0 Å². The van der Waals surface area contributed by atoms with Gasteiger partial charge in [-0.2, -0.15) is 13.2 Å². The molecule has 41 heavy (non-hydrogen) atoms. The molecule has 3 N–H and O–H groups in total. The average molecular weight is 578 g/mol. The second-order valence-corrected chi connectivity index (χ2v) is 10.7. The van der Waals surface area contributed by atoms with Crippen LogP contribution in [0, 0.1) is 5.92 Å². The summed E-state index contributed by atoms with van der Waals surface area (Å²) in [6.45, 7) is 2.69. The number of nitrogens with zero attached hydrogens (tertiary/aromatic N) is 2. The molecule has 1 saturated heterocycles. The summed E-state index contributed by atoms with van der Waals surface area (Å²) in [7, 11) is 1.44. The van der Waals surface area contributed by atoms with Crippen molar-refractivity contribution in [3.05, 3.63) is 41.2 Å². The van der Waals surface area contributed by atoms with Crippen molar-refractivity contribution >= 4 is 23.5 Å². The van der Waals surface area contributed by atoms with Crippen molar-refractivity contribution < 1.29 is 32.2 Å². The molecule has 4 rings (SSSR count). The number of halogens is 3. The van der Waals surface area contributed by atoms with E-state index in [0.29, 0.717) is 43.1 Å². The molecule has 1 aliphatic carbocycles. The zero-order valence-corrected chi connectivity index (χ0v) is 23.5. The highest BCUT2D eigenvalue weighted by Crippen LogP contribution is 2.34. The molecular formula is C29H38F3N5O4. The van der Waals surface area contributed by atoms with E-state index >= 15 is 0 Å². The molecule has 224 valence electrons. The van der Waals surface area contributed by atoms with E-state index in [4.69, 9.17) is 9.47 Å². The van der Waals surface area contributed by atoms with Crippen LogP contribution in [0.5, 0.6) is 5.75 Å². The molecule has 2 unspecified atom stereocenters. The van der Waals surface area contributed by atoms with Crippen molar-refractivity contribution in [3.63, 3.8) is 0 Å². The van der Waals surface area contributed by atoms with E-state index in [1.54, 1.807) is 18.2 Å². The summed E-state index contributed by atoms with van der Waals surface area (Å²) in [4.78, 5) is 32.5. The summed E-state index contributed by atoms with van der Waals surface area (Å²) in [5.74, 6) is 0.230. The van der Waals surface area contributed by atoms with Gasteiger partial charge in [0, 0.05) is 44.0 Å². The van der Waals surface area contributed by atoms with Crippen LogP contribution in [-0.2, 0) is 22.1 Å². The Morgan fingerprint density at radius 2 is 1.85 bits per heavy atom. The van der Waals surface area contributed by atoms with Gasteiger partial charge in [0.2, 0.25) is 11.9 Å². The number of methoxy groups -OCH3 is 1. The van der Waals surface area contributed by atoms with Crippen molar-refractivity contribution in [1.82, 2.24) is 20.6 Å². The summed E-state index contributed by atoms with van der Waals surface area (Å²) < 4.78 is 52.1. The van der Waals surface area contributed by atoms with Crippen LogP contribution >= 0.6 is 0 Å². The maximum absolute atomic E-state index is 13.8. The molecular weight excluding hydrogens is 539 g/mol. The Kier molecular flexibility index (Phi) is 10.4. The smallest absolute Gasteiger partial charge is 0.419 e. The molecule has 2 amide bonds. The minimum absolute atomic E-state index is 0.000466. The molecule has 0 bridgehead atoms. The fourth-order valence-electron chi connectivity index (χ4n) is 5.61. The van der Waals surface area contributed by atoms with Crippen molar-refractivity contribution in [2.75, 3.05) is 25.6 Å². The molecule has 2 fully saturated rings. The Hall–Kier alpha value is -3.41. The second-order valence-electron chi connectivity index (χ2n) is 10.7. The summed E-state index contributed by atoms with van der Waals surface area (Å²) >= 11 is 0. The van der Waals surface area contributed by atoms with Gasteiger partial charge < -0.3 is 25.4 Å². The van der Waals surface area contributed by atoms with Gasteiger partial charge in [0.15, 0.2) is 0 Å². The number of amides is 2. The van der Waals surface area contributed by atoms with Gasteiger partial charge in [-0.25, -0.2) is 9.97 Å². The molecule has 1 aromatic heterocycles. The quantitative estimate of drug-likeness (QED) is 0.357. The fraction of sp³-hybridized carbons (Fsp3) is 0.586. The molecule has 0 spiro atoms. The van der Waals surface area contributed by atoms with Crippen LogP contribution in [0.2, 0.25) is 0 Å². The summed E-state index contributed by atoms with van der Waals surface area (Å²) in [6.07, 6.45) is 2.92. The standard InChI is InChI=1S/C29H38F3N5O4/c1-18(38)34-23-8-4-3-6-19(23)7-5-9-24-22(29(30,31)32)17-33-28(36-24)37-25-11-10-20(16-26(25)40-2)27(39)35-21-12-14-41-15-13-21/h10-11,16-17,19,21,23H,3-9,12-15H2,1-2H3,(H,34,38)(H,35,39)(H,33,36,37). The van der Waals surface area contributed by atoms with Gasteiger partial charge in [0.25, 0.3) is 5.91 Å². The highest BCUT2D eigenvalue weighted by Gasteiger charge is 2.35. The summed E-state index contributed by atoms with van der Waals surface area (Å²) in [6, 6.07) is 4.88. The number of ether oxygens (including phenoxy) is 2. The van der Waals surface area contributed by atoms with Crippen molar-refractivity contribution in [2.24, 2.45) is 5.92 Å². The minimum Gasteiger partial charge on any atom is -0.495 e. The second kappa shape index (κ2) is 14.0. The lowest BCUT2D eigenvalue weighted by Crippen LogP contribution is -2.41. The number of carbonyl (C=O) groups is 2. The molecule has 0 radical (unpaired) electrons. The topological polar surface area (TPSA) is 114 Å². The molecule has 1 aliphatic heterocycles. The van der Waals surface area contributed by atoms with Crippen LogP contribution in [0.25, 0.3) is 0 Å².